The summed E-state index contributed by atoms with van der Waals surface area (Å²) in [7, 11) is 0. The van der Waals surface area contributed by atoms with Crippen LogP contribution in [0.25, 0.3) is 22.3 Å². The Morgan fingerprint density at radius 3 is 2.55 bits per heavy atom. The highest BCUT2D eigenvalue weighted by Gasteiger charge is 2.45. The number of halogens is 1. The lowest BCUT2D eigenvalue weighted by atomic mass is 9.73. The van der Waals surface area contributed by atoms with Gasteiger partial charge in [-0.2, -0.15) is 5.10 Å². The Kier molecular flexibility index (Phi) is 9.02. The number of carbonyl (C=O) groups is 1. The first-order valence-corrected chi connectivity index (χ1v) is 16.4. The number of benzene rings is 1. The maximum atomic E-state index is 14.5. The molecule has 1 aromatic carbocycles. The van der Waals surface area contributed by atoms with Crippen LogP contribution in [0.3, 0.4) is 0 Å². The lowest BCUT2D eigenvalue weighted by Crippen LogP contribution is -2.50. The molecular weight excluding hydrogens is 641 g/mol. The maximum Gasteiger partial charge on any atom is 0.332 e. The number of carbonyl (C=O) groups excluding carboxylic acids is 1. The molecule has 3 heterocycles. The lowest BCUT2D eigenvalue weighted by molar-refractivity contribution is -0.158. The summed E-state index contributed by atoms with van der Waals surface area (Å²) in [5.74, 6) is 0.600. The van der Waals surface area contributed by atoms with Crippen LogP contribution in [0.5, 0.6) is 0 Å². The Balaban J connectivity index is 1.45. The van der Waals surface area contributed by atoms with Crippen LogP contribution in [0.1, 0.15) is 82.6 Å². The number of hydrogen-bond acceptors (Lipinski definition) is 6. The average molecular weight is 680 g/mol. The molecule has 6 rings (SSSR count). The molecular formula is C33H38IN5O3. The Bertz CT molecular complexity index is 1590. The van der Waals surface area contributed by atoms with Gasteiger partial charge in [-0.25, -0.2) is 14.8 Å². The number of fused-ring (bicyclic) bond motifs is 4. The monoisotopic (exact) mass is 679 g/mol. The van der Waals surface area contributed by atoms with Crippen molar-refractivity contribution < 1.29 is 9.53 Å². The van der Waals surface area contributed by atoms with Crippen molar-refractivity contribution in [2.45, 2.75) is 89.2 Å². The Hall–Kier alpha value is -3.08. The predicted molar refractivity (Wildman–Crippen MR) is 171 cm³/mol. The van der Waals surface area contributed by atoms with E-state index < -0.39 is 5.54 Å². The van der Waals surface area contributed by atoms with Crippen LogP contribution in [-0.4, -0.2) is 30.7 Å². The summed E-state index contributed by atoms with van der Waals surface area (Å²) in [6.07, 6.45) is 16.4. The smallest absolute Gasteiger partial charge is 0.332 e. The Morgan fingerprint density at radius 1 is 0.952 bits per heavy atom. The highest BCUT2D eigenvalue weighted by molar-refractivity contribution is 14.1. The van der Waals surface area contributed by atoms with Gasteiger partial charge < -0.3 is 4.74 Å². The lowest BCUT2D eigenvalue weighted by Gasteiger charge is -2.40. The second-order valence-electron chi connectivity index (χ2n) is 12.1. The number of pyridine rings is 1. The van der Waals surface area contributed by atoms with Gasteiger partial charge in [0.25, 0.3) is 5.56 Å². The van der Waals surface area contributed by atoms with Crippen molar-refractivity contribution in [1.29, 1.82) is 0 Å². The zero-order valence-corrected chi connectivity index (χ0v) is 26.1. The Labute approximate surface area is 259 Å². The summed E-state index contributed by atoms with van der Waals surface area (Å²) in [5.41, 5.74) is 1.73. The van der Waals surface area contributed by atoms with Crippen LogP contribution in [0.15, 0.2) is 59.7 Å². The van der Waals surface area contributed by atoms with Gasteiger partial charge in [0.15, 0.2) is 9.48 Å². The standard InChI is InChI=1S/C33H38IN5O3/c34-32-36-29(27-20-35-38-30(27)37-32)26-15-16-28(40)39(21-26)33(31(41)42-22-25-11-7-4-8-12-25)18-17-23-9-5-2-1-3-6-10-24(19-33)14-13-23/h4,7-8,11-12,15-16,20-21,23-24H,1-3,5-6,9-10,13-14,17-19,22H2,(H,35,36,37,38). The molecule has 4 aromatic rings. The number of rotatable bonds is 5. The number of aromatic amines is 1. The number of H-pyrrole nitrogens is 1. The van der Waals surface area contributed by atoms with Gasteiger partial charge in [0.2, 0.25) is 0 Å². The van der Waals surface area contributed by atoms with Crippen molar-refractivity contribution in [3.05, 3.63) is 74.6 Å². The molecule has 2 saturated carbocycles. The van der Waals surface area contributed by atoms with E-state index in [2.05, 4.69) is 37.8 Å². The third-order valence-corrected chi connectivity index (χ3v) is 9.80. The van der Waals surface area contributed by atoms with Gasteiger partial charge in [-0.05, 0) is 42.7 Å². The molecule has 0 radical (unpaired) electrons. The molecule has 0 saturated heterocycles. The van der Waals surface area contributed by atoms with Crippen molar-refractivity contribution >= 4 is 39.6 Å². The second-order valence-corrected chi connectivity index (χ2v) is 13.1. The van der Waals surface area contributed by atoms with E-state index in [1.807, 2.05) is 36.5 Å². The number of aromatic nitrogens is 5. The molecule has 9 heteroatoms. The second kappa shape index (κ2) is 13.1. The summed E-state index contributed by atoms with van der Waals surface area (Å²) in [6.45, 7) is 0.184. The zero-order chi connectivity index (χ0) is 28.9. The zero-order valence-electron chi connectivity index (χ0n) is 23.9. The van der Waals surface area contributed by atoms with Gasteiger partial charge >= 0.3 is 5.97 Å². The summed E-state index contributed by atoms with van der Waals surface area (Å²) < 4.78 is 8.40. The van der Waals surface area contributed by atoms with E-state index in [0.29, 0.717) is 39.8 Å². The maximum absolute atomic E-state index is 14.5. The minimum atomic E-state index is -1.09. The van der Waals surface area contributed by atoms with Crippen LogP contribution in [0.2, 0.25) is 0 Å². The topological polar surface area (TPSA) is 103 Å². The van der Waals surface area contributed by atoms with E-state index >= 15 is 0 Å². The quantitative estimate of drug-likeness (QED) is 0.136. The van der Waals surface area contributed by atoms with Crippen molar-refractivity contribution in [3.63, 3.8) is 0 Å². The first kappa shape index (κ1) is 29.0. The highest BCUT2D eigenvalue weighted by Crippen LogP contribution is 2.42. The minimum Gasteiger partial charge on any atom is -0.459 e. The van der Waals surface area contributed by atoms with Gasteiger partial charge in [0.1, 0.15) is 12.1 Å². The first-order valence-electron chi connectivity index (χ1n) is 15.3. The van der Waals surface area contributed by atoms with Crippen molar-refractivity contribution in [2.24, 2.45) is 11.8 Å². The van der Waals surface area contributed by atoms with E-state index in [4.69, 9.17) is 9.72 Å². The number of nitrogens with zero attached hydrogens (tertiary/aromatic N) is 4. The van der Waals surface area contributed by atoms with E-state index in [1.54, 1.807) is 22.9 Å². The van der Waals surface area contributed by atoms with Crippen molar-refractivity contribution in [1.82, 2.24) is 24.7 Å². The molecule has 3 aromatic heterocycles. The molecule has 2 fully saturated rings. The third-order valence-electron chi connectivity index (χ3n) is 9.32. The van der Waals surface area contributed by atoms with Gasteiger partial charge in [-0.3, -0.25) is 14.5 Å². The summed E-state index contributed by atoms with van der Waals surface area (Å²) in [6, 6.07) is 13.1. The summed E-state index contributed by atoms with van der Waals surface area (Å²) in [4.78, 5) is 37.4. The SMILES string of the molecule is O=C(OCc1ccccc1)C1(n2cc(-c3nc(I)nc4[nH]ncc34)ccc2=O)CCC2CCCCCCCC(CC2)C1. The minimum absolute atomic E-state index is 0.184. The molecule has 2 aliphatic rings. The van der Waals surface area contributed by atoms with Crippen LogP contribution >= 0.6 is 22.6 Å². The van der Waals surface area contributed by atoms with Gasteiger partial charge in [0.05, 0.1) is 17.3 Å². The number of ether oxygens (including phenoxy) is 1. The molecule has 0 amide bonds. The van der Waals surface area contributed by atoms with Crippen molar-refractivity contribution in [3.8, 4) is 11.3 Å². The van der Waals surface area contributed by atoms with Gasteiger partial charge in [-0.15, -0.1) is 0 Å². The molecule has 42 heavy (non-hydrogen) atoms. The van der Waals surface area contributed by atoms with E-state index in [1.165, 1.54) is 38.5 Å². The number of hydrogen-bond donors (Lipinski definition) is 1. The fourth-order valence-electron chi connectivity index (χ4n) is 7.02. The average Bonchev–Trinajstić information content (AvgIpc) is 3.45. The van der Waals surface area contributed by atoms with Crippen LogP contribution < -0.4 is 5.56 Å². The van der Waals surface area contributed by atoms with Crippen molar-refractivity contribution in [2.75, 3.05) is 0 Å². The fraction of sp³-hybridized carbons (Fsp3) is 0.485. The number of nitrogens with one attached hydrogen (secondary N) is 1. The van der Waals surface area contributed by atoms with Crippen LogP contribution in [0, 0.1) is 15.7 Å². The molecule has 0 aliphatic heterocycles. The molecule has 8 nitrogen and oxygen atoms in total. The molecule has 2 aliphatic carbocycles. The number of esters is 1. The van der Waals surface area contributed by atoms with E-state index in [9.17, 15) is 9.59 Å². The molecule has 3 atom stereocenters. The summed E-state index contributed by atoms with van der Waals surface area (Å²) >= 11 is 2.09. The van der Waals surface area contributed by atoms with E-state index in [0.717, 1.165) is 42.2 Å². The van der Waals surface area contributed by atoms with E-state index in [-0.39, 0.29) is 18.1 Å². The molecule has 2 bridgehead atoms. The Morgan fingerprint density at radius 2 is 1.71 bits per heavy atom. The van der Waals surface area contributed by atoms with Crippen LogP contribution in [0.4, 0.5) is 0 Å². The largest absolute Gasteiger partial charge is 0.459 e. The first-order chi connectivity index (χ1) is 20.5. The highest BCUT2D eigenvalue weighted by atomic mass is 127. The molecule has 1 N–H and O–H groups in total. The summed E-state index contributed by atoms with van der Waals surface area (Å²) in [5, 5.41) is 7.88. The fourth-order valence-corrected chi connectivity index (χ4v) is 7.50. The third kappa shape index (κ3) is 6.31. The molecule has 3 unspecified atom stereocenters. The van der Waals surface area contributed by atoms with Gasteiger partial charge in [-0.1, -0.05) is 88.1 Å². The van der Waals surface area contributed by atoms with Crippen LogP contribution in [-0.2, 0) is 21.7 Å². The van der Waals surface area contributed by atoms with Gasteiger partial charge in [0, 0.05) is 40.4 Å². The molecule has 220 valence electrons. The predicted octanol–water partition coefficient (Wildman–Crippen LogP) is 7.17. The molecule has 0 spiro atoms. The normalized spacial score (nSPS) is 23.5.